The molecule has 3 aromatic carbocycles. The van der Waals surface area contributed by atoms with Gasteiger partial charge in [-0.05, 0) is 74.5 Å². The van der Waals surface area contributed by atoms with Crippen LogP contribution in [-0.4, -0.2) is 26.0 Å². The Morgan fingerprint density at radius 2 is 1.53 bits per heavy atom. The number of hydrogen-bond acceptors (Lipinski definition) is 5. The van der Waals surface area contributed by atoms with Crippen molar-refractivity contribution in [3.63, 3.8) is 0 Å². The zero-order chi connectivity index (χ0) is 25.0. The van der Waals surface area contributed by atoms with Gasteiger partial charge in [-0.25, -0.2) is 0 Å². The van der Waals surface area contributed by atoms with E-state index in [1.807, 2.05) is 25.1 Å². The summed E-state index contributed by atoms with van der Waals surface area (Å²) in [4.78, 5) is 25.2. The van der Waals surface area contributed by atoms with Crippen molar-refractivity contribution in [3.05, 3.63) is 85.3 Å². The number of rotatable bonds is 8. The van der Waals surface area contributed by atoms with Gasteiger partial charge in [-0.1, -0.05) is 43.7 Å². The van der Waals surface area contributed by atoms with Gasteiger partial charge >= 0.3 is 5.97 Å². The van der Waals surface area contributed by atoms with Crippen molar-refractivity contribution in [3.8, 4) is 17.2 Å². The van der Waals surface area contributed by atoms with Crippen molar-refractivity contribution >= 4 is 43.6 Å². The third kappa shape index (κ3) is 5.88. The van der Waals surface area contributed by atoms with E-state index in [-0.39, 0.29) is 24.1 Å². The lowest BCUT2D eigenvalue weighted by molar-refractivity contribution is -0.139. The Hall–Kier alpha value is -2.64. The molecular weight excluding hydrogens is 564 g/mol. The fraction of sp³-hybridized carbons (Fsp3) is 0.259. The molecule has 0 heterocycles. The van der Waals surface area contributed by atoms with Crippen LogP contribution in [0.3, 0.4) is 0 Å². The van der Waals surface area contributed by atoms with Crippen molar-refractivity contribution < 1.29 is 23.8 Å². The van der Waals surface area contributed by atoms with Crippen LogP contribution in [0.5, 0.6) is 17.2 Å². The normalized spacial score (nSPS) is 10.8. The van der Waals surface area contributed by atoms with Crippen LogP contribution in [0.1, 0.15) is 52.4 Å². The molecule has 0 unspecified atom stereocenters. The first-order valence-electron chi connectivity index (χ1n) is 10.7. The highest BCUT2D eigenvalue weighted by atomic mass is 79.9. The Morgan fingerprint density at radius 1 is 0.912 bits per heavy atom. The Labute approximate surface area is 216 Å². The lowest BCUT2D eigenvalue weighted by Gasteiger charge is -2.19. The van der Waals surface area contributed by atoms with E-state index < -0.39 is 0 Å². The second kappa shape index (κ2) is 11.2. The van der Waals surface area contributed by atoms with Gasteiger partial charge in [-0.15, -0.1) is 0 Å². The standard InChI is InChI=1S/C27H26Br2O5/c1-15(2)19-13-24(34-27-21(28)10-17(11-22(27)29)12-25(30)33-5)20(14-23(19)32-4)26(31)18-8-6-16(3)7-9-18/h6-11,13-15H,12H2,1-5H3. The zero-order valence-electron chi connectivity index (χ0n) is 19.7. The van der Waals surface area contributed by atoms with Gasteiger partial charge < -0.3 is 14.2 Å². The Bertz CT molecular complexity index is 1190. The van der Waals surface area contributed by atoms with Crippen LogP contribution in [0.25, 0.3) is 0 Å². The number of aryl methyl sites for hydroxylation is 1. The van der Waals surface area contributed by atoms with Gasteiger partial charge in [0.15, 0.2) is 11.5 Å². The smallest absolute Gasteiger partial charge is 0.309 e. The molecule has 0 fully saturated rings. The molecule has 0 saturated carbocycles. The van der Waals surface area contributed by atoms with Gasteiger partial charge in [-0.2, -0.15) is 0 Å². The number of halogens is 2. The Balaban J connectivity index is 2.11. The SMILES string of the molecule is COC(=O)Cc1cc(Br)c(Oc2cc(C(C)C)c(OC)cc2C(=O)c2ccc(C)cc2)c(Br)c1. The lowest BCUT2D eigenvalue weighted by Crippen LogP contribution is -2.07. The lowest BCUT2D eigenvalue weighted by atomic mass is 9.95. The first kappa shape index (κ1) is 26.0. The second-order valence-corrected chi connectivity index (χ2v) is 9.89. The van der Waals surface area contributed by atoms with Gasteiger partial charge in [0, 0.05) is 11.1 Å². The first-order chi connectivity index (χ1) is 16.1. The maximum absolute atomic E-state index is 13.5. The third-order valence-electron chi connectivity index (χ3n) is 5.36. The zero-order valence-corrected chi connectivity index (χ0v) is 22.9. The minimum Gasteiger partial charge on any atom is -0.496 e. The van der Waals surface area contributed by atoms with Gasteiger partial charge in [0.05, 0.1) is 35.1 Å². The minimum atomic E-state index is -0.338. The number of esters is 1. The number of carbonyl (C=O) groups excluding carboxylic acids is 2. The summed E-state index contributed by atoms with van der Waals surface area (Å²) in [6.07, 6.45) is 0.130. The molecule has 0 aromatic heterocycles. The molecule has 3 rings (SSSR count). The molecule has 0 aliphatic carbocycles. The third-order valence-corrected chi connectivity index (χ3v) is 6.54. The van der Waals surface area contributed by atoms with Gasteiger partial charge in [-0.3, -0.25) is 9.59 Å². The number of ether oxygens (including phenoxy) is 3. The van der Waals surface area contributed by atoms with E-state index in [2.05, 4.69) is 45.7 Å². The van der Waals surface area contributed by atoms with Crippen LogP contribution in [0.15, 0.2) is 57.5 Å². The summed E-state index contributed by atoms with van der Waals surface area (Å²) in [5.74, 6) is 1.18. The van der Waals surface area contributed by atoms with Gasteiger partial charge in [0.25, 0.3) is 0 Å². The summed E-state index contributed by atoms with van der Waals surface area (Å²) in [7, 11) is 2.95. The monoisotopic (exact) mass is 588 g/mol. The van der Waals surface area contributed by atoms with Crippen LogP contribution in [0.4, 0.5) is 0 Å². The summed E-state index contributed by atoms with van der Waals surface area (Å²) in [6, 6.07) is 14.6. The largest absolute Gasteiger partial charge is 0.496 e. The molecule has 0 spiro atoms. The quantitative estimate of drug-likeness (QED) is 0.202. The van der Waals surface area contributed by atoms with Gasteiger partial charge in [0.1, 0.15) is 11.5 Å². The molecule has 178 valence electrons. The number of ketones is 1. The van der Waals surface area contributed by atoms with E-state index in [0.29, 0.717) is 37.3 Å². The van der Waals surface area contributed by atoms with E-state index in [1.165, 1.54) is 7.11 Å². The molecule has 0 N–H and O–H groups in total. The topological polar surface area (TPSA) is 61.8 Å². The highest BCUT2D eigenvalue weighted by Gasteiger charge is 2.22. The number of benzene rings is 3. The molecule has 5 nitrogen and oxygen atoms in total. The van der Waals surface area contributed by atoms with Crippen LogP contribution < -0.4 is 9.47 Å². The summed E-state index contributed by atoms with van der Waals surface area (Å²) in [5, 5.41) is 0. The number of carbonyl (C=O) groups is 2. The van der Waals surface area contributed by atoms with Crippen molar-refractivity contribution in [1.29, 1.82) is 0 Å². The molecular formula is C27H26Br2O5. The molecule has 34 heavy (non-hydrogen) atoms. The fourth-order valence-corrected chi connectivity index (χ4v) is 4.93. The first-order valence-corrected chi connectivity index (χ1v) is 12.3. The van der Waals surface area contributed by atoms with E-state index in [4.69, 9.17) is 14.2 Å². The second-order valence-electron chi connectivity index (χ2n) is 8.18. The molecule has 0 amide bonds. The summed E-state index contributed by atoms with van der Waals surface area (Å²) in [5.41, 5.74) is 3.70. The molecule has 0 bridgehead atoms. The van der Waals surface area contributed by atoms with Crippen molar-refractivity contribution in [1.82, 2.24) is 0 Å². The average Bonchev–Trinajstić information content (AvgIpc) is 2.80. The predicted molar refractivity (Wildman–Crippen MR) is 139 cm³/mol. The van der Waals surface area contributed by atoms with Crippen molar-refractivity contribution in [2.45, 2.75) is 33.1 Å². The number of hydrogen-bond donors (Lipinski definition) is 0. The molecule has 0 radical (unpaired) electrons. The summed E-state index contributed by atoms with van der Waals surface area (Å²) in [6.45, 7) is 6.08. The minimum absolute atomic E-state index is 0.130. The Kier molecular flexibility index (Phi) is 8.55. The van der Waals surface area contributed by atoms with Crippen LogP contribution >= 0.6 is 31.9 Å². The van der Waals surface area contributed by atoms with E-state index in [9.17, 15) is 9.59 Å². The Morgan fingerprint density at radius 3 is 2.06 bits per heavy atom. The molecule has 3 aromatic rings. The average molecular weight is 590 g/mol. The van der Waals surface area contributed by atoms with E-state index in [1.54, 1.807) is 37.4 Å². The summed E-state index contributed by atoms with van der Waals surface area (Å²) < 4.78 is 18.0. The van der Waals surface area contributed by atoms with E-state index >= 15 is 0 Å². The molecule has 0 saturated heterocycles. The molecule has 0 aliphatic heterocycles. The predicted octanol–water partition coefficient (Wildman–Crippen LogP) is 7.39. The summed E-state index contributed by atoms with van der Waals surface area (Å²) >= 11 is 7.08. The maximum Gasteiger partial charge on any atom is 0.309 e. The highest BCUT2D eigenvalue weighted by molar-refractivity contribution is 9.11. The molecule has 7 heteroatoms. The van der Waals surface area contributed by atoms with Crippen LogP contribution in [-0.2, 0) is 16.0 Å². The van der Waals surface area contributed by atoms with Crippen LogP contribution in [0, 0.1) is 6.92 Å². The molecule has 0 aliphatic rings. The van der Waals surface area contributed by atoms with Crippen molar-refractivity contribution in [2.24, 2.45) is 0 Å². The van der Waals surface area contributed by atoms with Crippen molar-refractivity contribution in [2.75, 3.05) is 14.2 Å². The molecule has 0 atom stereocenters. The van der Waals surface area contributed by atoms with Gasteiger partial charge in [0.2, 0.25) is 0 Å². The number of methoxy groups -OCH3 is 2. The van der Waals surface area contributed by atoms with Crippen LogP contribution in [0.2, 0.25) is 0 Å². The van der Waals surface area contributed by atoms with E-state index in [0.717, 1.165) is 16.7 Å². The maximum atomic E-state index is 13.5. The highest BCUT2D eigenvalue weighted by Crippen LogP contribution is 2.42. The fourth-order valence-electron chi connectivity index (χ4n) is 3.49.